The molecule has 2 aromatic rings. The van der Waals surface area contributed by atoms with Crippen LogP contribution in [-0.4, -0.2) is 10.4 Å². The molecule has 1 heterocycles. The van der Waals surface area contributed by atoms with E-state index >= 15 is 0 Å². The zero-order valence-corrected chi connectivity index (χ0v) is 10.9. The number of aryl methyl sites for hydroxylation is 1. The van der Waals surface area contributed by atoms with Gasteiger partial charge < -0.3 is 4.42 Å². The predicted octanol–water partition coefficient (Wildman–Crippen LogP) is 3.38. The van der Waals surface area contributed by atoms with Crippen LogP contribution in [0.1, 0.15) is 12.8 Å². The molecule has 1 aromatic carbocycles. The lowest BCUT2D eigenvalue weighted by Crippen LogP contribution is -2.14. The molecule has 16 heavy (non-hydrogen) atoms. The van der Waals surface area contributed by atoms with Crippen LogP contribution < -0.4 is 5.76 Å². The average Bonchev–Trinajstić information content (AvgIpc) is 2.55. The summed E-state index contributed by atoms with van der Waals surface area (Å²) in [4.78, 5) is 11.6. The third-order valence-electron chi connectivity index (χ3n) is 2.40. The Morgan fingerprint density at radius 2 is 2.19 bits per heavy atom. The highest BCUT2D eigenvalue weighted by molar-refractivity contribution is 9.10. The Kier molecular flexibility index (Phi) is 3.71. The zero-order chi connectivity index (χ0) is 11.5. The number of hydrogen-bond donors (Lipinski definition) is 0. The number of unbranched alkanes of at least 4 members (excludes halogenated alkanes) is 1. The Balaban J connectivity index is 2.36. The first-order valence-corrected chi connectivity index (χ1v) is 6.40. The standard InChI is InChI=1S/C11H11BrClNO2/c12-8-3-4-9-10(7-8)16-11(15)14(9)6-2-1-5-13/h3-4,7H,1-2,5-6H2. The van der Waals surface area contributed by atoms with Gasteiger partial charge in [0.05, 0.1) is 5.52 Å². The Morgan fingerprint density at radius 1 is 1.38 bits per heavy atom. The lowest BCUT2D eigenvalue weighted by atomic mass is 10.3. The van der Waals surface area contributed by atoms with E-state index in [1.165, 1.54) is 0 Å². The number of benzene rings is 1. The molecule has 0 fully saturated rings. The molecule has 1 aromatic heterocycles. The van der Waals surface area contributed by atoms with Gasteiger partial charge in [0.2, 0.25) is 0 Å². The molecule has 2 rings (SSSR count). The highest BCUT2D eigenvalue weighted by Crippen LogP contribution is 2.19. The van der Waals surface area contributed by atoms with Gasteiger partial charge >= 0.3 is 5.76 Å². The van der Waals surface area contributed by atoms with Crippen LogP contribution >= 0.6 is 27.5 Å². The van der Waals surface area contributed by atoms with Gasteiger partial charge in [-0.1, -0.05) is 15.9 Å². The van der Waals surface area contributed by atoms with Gasteiger partial charge in [-0.25, -0.2) is 4.79 Å². The number of halogens is 2. The monoisotopic (exact) mass is 303 g/mol. The van der Waals surface area contributed by atoms with E-state index in [2.05, 4.69) is 15.9 Å². The molecular formula is C11H11BrClNO2. The lowest BCUT2D eigenvalue weighted by molar-refractivity contribution is 0.496. The van der Waals surface area contributed by atoms with Crippen LogP contribution in [0.3, 0.4) is 0 Å². The number of oxazole rings is 1. The SMILES string of the molecule is O=c1oc2cc(Br)ccc2n1CCCCCl. The van der Waals surface area contributed by atoms with Crippen molar-refractivity contribution < 1.29 is 4.42 Å². The molecular weight excluding hydrogens is 293 g/mol. The molecule has 3 nitrogen and oxygen atoms in total. The van der Waals surface area contributed by atoms with E-state index in [4.69, 9.17) is 16.0 Å². The second-order valence-corrected chi connectivity index (χ2v) is 4.82. The first-order chi connectivity index (χ1) is 7.72. The molecule has 0 unspecified atom stereocenters. The summed E-state index contributed by atoms with van der Waals surface area (Å²) in [5.74, 6) is 0.318. The molecule has 0 aliphatic carbocycles. The van der Waals surface area contributed by atoms with E-state index in [-0.39, 0.29) is 5.76 Å². The van der Waals surface area contributed by atoms with Crippen molar-refractivity contribution in [3.63, 3.8) is 0 Å². The van der Waals surface area contributed by atoms with E-state index in [0.29, 0.717) is 18.0 Å². The molecule has 86 valence electrons. The van der Waals surface area contributed by atoms with Gasteiger partial charge in [-0.05, 0) is 31.0 Å². The van der Waals surface area contributed by atoms with Crippen LogP contribution in [0.2, 0.25) is 0 Å². The molecule has 0 aliphatic heterocycles. The van der Waals surface area contributed by atoms with Crippen molar-refractivity contribution in [1.29, 1.82) is 0 Å². The highest BCUT2D eigenvalue weighted by Gasteiger charge is 2.08. The van der Waals surface area contributed by atoms with E-state index in [0.717, 1.165) is 22.8 Å². The van der Waals surface area contributed by atoms with Gasteiger partial charge in [-0.2, -0.15) is 0 Å². The number of aromatic nitrogens is 1. The fourth-order valence-electron chi connectivity index (χ4n) is 1.62. The number of nitrogens with zero attached hydrogens (tertiary/aromatic N) is 1. The van der Waals surface area contributed by atoms with Crippen molar-refractivity contribution in [2.45, 2.75) is 19.4 Å². The summed E-state index contributed by atoms with van der Waals surface area (Å²) < 4.78 is 7.71. The lowest BCUT2D eigenvalue weighted by Gasteiger charge is -2.00. The Morgan fingerprint density at radius 3 is 2.94 bits per heavy atom. The molecule has 0 atom stereocenters. The topological polar surface area (TPSA) is 35.1 Å². The maximum Gasteiger partial charge on any atom is 0.419 e. The summed E-state index contributed by atoms with van der Waals surface area (Å²) in [6.45, 7) is 0.653. The molecule has 0 bridgehead atoms. The summed E-state index contributed by atoms with van der Waals surface area (Å²) in [7, 11) is 0. The van der Waals surface area contributed by atoms with Gasteiger partial charge in [0.1, 0.15) is 0 Å². The smallest absolute Gasteiger partial charge is 0.408 e. The maximum absolute atomic E-state index is 11.6. The van der Waals surface area contributed by atoms with Gasteiger partial charge in [0.25, 0.3) is 0 Å². The molecule has 5 heteroatoms. The molecule has 0 saturated carbocycles. The van der Waals surface area contributed by atoms with Crippen molar-refractivity contribution in [2.24, 2.45) is 0 Å². The van der Waals surface area contributed by atoms with E-state index in [1.807, 2.05) is 12.1 Å². The Labute approximate surface area is 106 Å². The Bertz CT molecular complexity index is 546. The van der Waals surface area contributed by atoms with Crippen molar-refractivity contribution in [2.75, 3.05) is 5.88 Å². The largest absolute Gasteiger partial charge is 0.419 e. The first-order valence-electron chi connectivity index (χ1n) is 5.07. The first kappa shape index (κ1) is 11.7. The molecule has 0 radical (unpaired) electrons. The number of rotatable bonds is 4. The summed E-state index contributed by atoms with van der Waals surface area (Å²) in [6.07, 6.45) is 1.78. The predicted molar refractivity (Wildman–Crippen MR) is 68.1 cm³/mol. The minimum absolute atomic E-state index is 0.303. The third-order valence-corrected chi connectivity index (χ3v) is 3.16. The van der Waals surface area contributed by atoms with Gasteiger partial charge in [-0.15, -0.1) is 11.6 Å². The average molecular weight is 305 g/mol. The summed E-state index contributed by atoms with van der Waals surface area (Å²) in [5.41, 5.74) is 1.45. The summed E-state index contributed by atoms with van der Waals surface area (Å²) >= 11 is 8.94. The molecule has 0 aliphatic rings. The second-order valence-electron chi connectivity index (χ2n) is 3.53. The van der Waals surface area contributed by atoms with E-state index in [9.17, 15) is 4.79 Å². The van der Waals surface area contributed by atoms with Crippen molar-refractivity contribution in [3.05, 3.63) is 33.2 Å². The quantitative estimate of drug-likeness (QED) is 0.641. The highest BCUT2D eigenvalue weighted by atomic mass is 79.9. The molecule has 0 spiro atoms. The molecule has 0 N–H and O–H groups in total. The minimum Gasteiger partial charge on any atom is -0.408 e. The third kappa shape index (κ3) is 2.33. The van der Waals surface area contributed by atoms with Crippen LogP contribution in [0, 0.1) is 0 Å². The summed E-state index contributed by atoms with van der Waals surface area (Å²) in [5, 5.41) is 0. The zero-order valence-electron chi connectivity index (χ0n) is 8.58. The van der Waals surface area contributed by atoms with Crippen molar-refractivity contribution in [1.82, 2.24) is 4.57 Å². The normalized spacial score (nSPS) is 11.1. The van der Waals surface area contributed by atoms with Crippen LogP contribution in [0.15, 0.2) is 31.9 Å². The van der Waals surface area contributed by atoms with Crippen LogP contribution in [-0.2, 0) is 6.54 Å². The Hall–Kier alpha value is -0.740. The van der Waals surface area contributed by atoms with Gasteiger partial charge in [-0.3, -0.25) is 4.57 Å². The van der Waals surface area contributed by atoms with Crippen LogP contribution in [0.4, 0.5) is 0 Å². The van der Waals surface area contributed by atoms with Crippen LogP contribution in [0.25, 0.3) is 11.1 Å². The second kappa shape index (κ2) is 5.06. The fourth-order valence-corrected chi connectivity index (χ4v) is 2.15. The van der Waals surface area contributed by atoms with Crippen molar-refractivity contribution >= 4 is 38.6 Å². The van der Waals surface area contributed by atoms with E-state index < -0.39 is 0 Å². The van der Waals surface area contributed by atoms with Crippen molar-refractivity contribution in [3.8, 4) is 0 Å². The number of alkyl halides is 1. The van der Waals surface area contributed by atoms with Gasteiger partial charge in [0, 0.05) is 16.9 Å². The van der Waals surface area contributed by atoms with E-state index in [1.54, 1.807) is 10.6 Å². The minimum atomic E-state index is -0.303. The van der Waals surface area contributed by atoms with Crippen LogP contribution in [0.5, 0.6) is 0 Å². The molecule has 0 amide bonds. The van der Waals surface area contributed by atoms with Gasteiger partial charge in [0.15, 0.2) is 5.58 Å². The summed E-state index contributed by atoms with van der Waals surface area (Å²) in [6, 6.07) is 5.58. The fraction of sp³-hybridized carbons (Fsp3) is 0.364. The number of fused-ring (bicyclic) bond motifs is 1. The maximum atomic E-state index is 11.6. The molecule has 0 saturated heterocycles. The number of hydrogen-bond acceptors (Lipinski definition) is 2.